The maximum atomic E-state index is 12.6. The van der Waals surface area contributed by atoms with Crippen molar-refractivity contribution in [2.75, 3.05) is 0 Å². The highest BCUT2D eigenvalue weighted by Crippen LogP contribution is 2.30. The second kappa shape index (κ2) is 10.2. The van der Waals surface area contributed by atoms with Crippen LogP contribution < -0.4 is 5.19 Å². The molecule has 0 fully saturated rings. The molecule has 2 aromatic carbocycles. The number of benzene rings is 2. The summed E-state index contributed by atoms with van der Waals surface area (Å²) in [6.45, 7) is 8.14. The fraction of sp³-hybridized carbons (Fsp3) is 0.391. The van der Waals surface area contributed by atoms with Gasteiger partial charge in [0.1, 0.15) is 13.9 Å². The van der Waals surface area contributed by atoms with Crippen LogP contribution in [-0.2, 0) is 27.3 Å². The molecule has 0 saturated heterocycles. The second-order valence-electron chi connectivity index (χ2n) is 7.06. The van der Waals surface area contributed by atoms with Crippen molar-refractivity contribution in [2.45, 2.75) is 56.7 Å². The van der Waals surface area contributed by atoms with Gasteiger partial charge in [0.15, 0.2) is 0 Å². The van der Waals surface area contributed by atoms with Gasteiger partial charge in [0.25, 0.3) is 10.1 Å². The zero-order valence-electron chi connectivity index (χ0n) is 16.8. The lowest BCUT2D eigenvalue weighted by molar-refractivity contribution is 0.470. The Morgan fingerprint density at radius 1 is 1.00 bits per heavy atom. The van der Waals surface area contributed by atoms with Crippen molar-refractivity contribution < 1.29 is 13.0 Å². The van der Waals surface area contributed by atoms with Gasteiger partial charge in [-0.25, -0.2) is 0 Å². The minimum Gasteiger partial charge on any atom is -0.285 e. The van der Waals surface area contributed by atoms with Crippen LogP contribution in [0.2, 0.25) is 0 Å². The van der Waals surface area contributed by atoms with Crippen molar-refractivity contribution in [2.24, 2.45) is 0 Å². The fourth-order valence-electron chi connectivity index (χ4n) is 3.45. The Kier molecular flexibility index (Phi) is 8.22. The molecule has 0 aromatic heterocycles. The molecule has 5 heteroatoms. The lowest BCUT2D eigenvalue weighted by Gasteiger charge is -2.28. The van der Waals surface area contributed by atoms with Crippen molar-refractivity contribution in [1.82, 2.24) is 0 Å². The van der Waals surface area contributed by atoms with E-state index in [0.717, 1.165) is 43.7 Å². The molecule has 1 unspecified atom stereocenters. The number of unbranched alkanes of at least 4 members (excludes halogenated alkanes) is 2. The average molecular weight is 415 g/mol. The highest BCUT2D eigenvalue weighted by molar-refractivity contribution is 7.88. The van der Waals surface area contributed by atoms with E-state index in [-0.39, 0.29) is 9.52 Å². The van der Waals surface area contributed by atoms with Gasteiger partial charge in [0.2, 0.25) is 0 Å². The number of rotatable bonds is 11. The van der Waals surface area contributed by atoms with Gasteiger partial charge >= 0.3 is 0 Å². The highest BCUT2D eigenvalue weighted by Gasteiger charge is 2.43. The van der Waals surface area contributed by atoms with Crippen LogP contribution in [-0.4, -0.2) is 22.5 Å². The molecule has 1 N–H and O–H groups in total. The van der Waals surface area contributed by atoms with Gasteiger partial charge in [-0.2, -0.15) is 8.42 Å². The van der Waals surface area contributed by atoms with E-state index >= 15 is 0 Å². The molecule has 0 saturated carbocycles. The smallest absolute Gasteiger partial charge is 0.275 e. The SMILES string of the molecule is C=CC([Si]c1cccc(CCCC)c1CCCC)(c1ccccc1)S(=O)(=O)O. The minimum atomic E-state index is -4.40. The Morgan fingerprint density at radius 3 is 2.21 bits per heavy atom. The van der Waals surface area contributed by atoms with E-state index in [1.165, 1.54) is 17.2 Å². The molecule has 2 aromatic rings. The molecule has 0 aliphatic heterocycles. The molecular weight excluding hydrogens is 384 g/mol. The van der Waals surface area contributed by atoms with Crippen molar-refractivity contribution in [3.63, 3.8) is 0 Å². The lowest BCUT2D eigenvalue weighted by Crippen LogP contribution is -2.46. The second-order valence-corrected chi connectivity index (χ2v) is 10.6. The van der Waals surface area contributed by atoms with Crippen molar-refractivity contribution >= 4 is 24.8 Å². The monoisotopic (exact) mass is 414 g/mol. The Hall–Kier alpha value is -1.69. The standard InChI is InChI=1S/C23H30O3SSi/c1-4-7-13-19-14-12-18-22(21(19)17-8-5-2)28-23(6-3,27(24,25)26)20-15-10-9-11-16-20/h6,9-12,14-16,18H,3-5,7-8,13,17H2,1-2H3,(H,24,25,26). The lowest BCUT2D eigenvalue weighted by atomic mass is 9.98. The molecule has 1 atom stereocenters. The maximum absolute atomic E-state index is 12.6. The first-order chi connectivity index (χ1) is 13.4. The van der Waals surface area contributed by atoms with Gasteiger partial charge in [-0.15, -0.1) is 6.58 Å². The summed E-state index contributed by atoms with van der Waals surface area (Å²) in [4.78, 5) is 0. The minimum absolute atomic E-state index is 0.150. The zero-order chi connectivity index (χ0) is 20.6. The van der Waals surface area contributed by atoms with Gasteiger partial charge < -0.3 is 0 Å². The molecule has 28 heavy (non-hydrogen) atoms. The average Bonchev–Trinajstić information content (AvgIpc) is 2.69. The summed E-state index contributed by atoms with van der Waals surface area (Å²) in [5.74, 6) is 0. The summed E-state index contributed by atoms with van der Waals surface area (Å²) < 4.78 is 33.8. The van der Waals surface area contributed by atoms with Gasteiger partial charge in [-0.05, 0) is 42.4 Å². The molecule has 0 bridgehead atoms. The van der Waals surface area contributed by atoms with Gasteiger partial charge in [0.05, 0.1) is 0 Å². The molecule has 0 heterocycles. The Labute approximate surface area is 172 Å². The van der Waals surface area contributed by atoms with E-state index in [1.54, 1.807) is 24.3 Å². The van der Waals surface area contributed by atoms with Crippen molar-refractivity contribution in [3.05, 3.63) is 77.9 Å². The quantitative estimate of drug-likeness (QED) is 0.331. The largest absolute Gasteiger partial charge is 0.285 e. The van der Waals surface area contributed by atoms with Gasteiger partial charge in [-0.3, -0.25) is 4.55 Å². The number of hydrogen-bond donors (Lipinski definition) is 1. The van der Waals surface area contributed by atoms with E-state index in [4.69, 9.17) is 0 Å². The van der Waals surface area contributed by atoms with E-state index in [1.807, 2.05) is 18.2 Å². The van der Waals surface area contributed by atoms with Gasteiger partial charge in [0, 0.05) is 0 Å². The van der Waals surface area contributed by atoms with Crippen molar-refractivity contribution in [3.8, 4) is 0 Å². The van der Waals surface area contributed by atoms with E-state index in [9.17, 15) is 13.0 Å². The maximum Gasteiger partial charge on any atom is 0.275 e. The van der Waals surface area contributed by atoms with Crippen LogP contribution in [0.1, 0.15) is 56.2 Å². The van der Waals surface area contributed by atoms with Crippen LogP contribution in [0.5, 0.6) is 0 Å². The zero-order valence-corrected chi connectivity index (χ0v) is 18.6. The highest BCUT2D eigenvalue weighted by atomic mass is 32.2. The van der Waals surface area contributed by atoms with Crippen LogP contribution in [0.15, 0.2) is 61.2 Å². The molecule has 0 spiro atoms. The fourth-order valence-corrected chi connectivity index (χ4v) is 6.37. The predicted octanol–water partition coefficient (Wildman–Crippen LogP) is 4.63. The van der Waals surface area contributed by atoms with Crippen LogP contribution >= 0.6 is 0 Å². The van der Waals surface area contributed by atoms with Crippen molar-refractivity contribution in [1.29, 1.82) is 0 Å². The first-order valence-corrected chi connectivity index (χ1v) is 12.4. The number of hydrogen-bond acceptors (Lipinski definition) is 2. The Bertz CT molecular complexity index is 878. The van der Waals surface area contributed by atoms with E-state index in [2.05, 4.69) is 26.5 Å². The van der Waals surface area contributed by atoms with Crippen LogP contribution in [0.25, 0.3) is 0 Å². The summed E-state index contributed by atoms with van der Waals surface area (Å²) in [7, 11) is -4.55. The van der Waals surface area contributed by atoms with Crippen LogP contribution in [0.4, 0.5) is 0 Å². The van der Waals surface area contributed by atoms with Crippen LogP contribution in [0, 0.1) is 0 Å². The molecule has 2 rings (SSSR count). The third-order valence-corrected chi connectivity index (χ3v) is 8.97. The molecule has 0 amide bonds. The first kappa shape index (κ1) is 22.6. The summed E-state index contributed by atoms with van der Waals surface area (Å²) >= 11 is 0. The molecule has 2 radical (unpaired) electrons. The number of aryl methyl sites for hydroxylation is 1. The third kappa shape index (κ3) is 5.02. The summed E-state index contributed by atoms with van der Waals surface area (Å²) in [6, 6.07) is 15.1. The Balaban J connectivity index is 2.59. The summed E-state index contributed by atoms with van der Waals surface area (Å²) in [6.07, 6.45) is 7.66. The molecule has 150 valence electrons. The summed E-state index contributed by atoms with van der Waals surface area (Å²) in [5.41, 5.74) is 3.08. The van der Waals surface area contributed by atoms with Gasteiger partial charge in [-0.1, -0.05) is 86.5 Å². The molecule has 0 aliphatic rings. The van der Waals surface area contributed by atoms with Crippen LogP contribution in [0.3, 0.4) is 0 Å². The third-order valence-electron chi connectivity index (χ3n) is 5.07. The van der Waals surface area contributed by atoms with E-state index < -0.39 is 14.5 Å². The topological polar surface area (TPSA) is 54.4 Å². The first-order valence-electron chi connectivity index (χ1n) is 9.94. The molecule has 0 aliphatic carbocycles. The predicted molar refractivity (Wildman–Crippen MR) is 119 cm³/mol. The molecular formula is C23H30O3SSi. The normalized spacial score (nSPS) is 13.8. The summed E-state index contributed by atoms with van der Waals surface area (Å²) in [5, 5.41) is 1.00. The van der Waals surface area contributed by atoms with E-state index in [0.29, 0.717) is 5.56 Å². The molecule has 3 nitrogen and oxygen atoms in total. The Morgan fingerprint density at radius 2 is 1.64 bits per heavy atom.